The van der Waals surface area contributed by atoms with Crippen LogP contribution >= 0.6 is 11.6 Å². The molecule has 0 aliphatic carbocycles. The average Bonchev–Trinajstić information content (AvgIpc) is 2.96. The summed E-state index contributed by atoms with van der Waals surface area (Å²) >= 11 is 6.06. The van der Waals surface area contributed by atoms with Crippen molar-refractivity contribution in [1.82, 2.24) is 5.32 Å². The zero-order valence-electron chi connectivity index (χ0n) is 11.6. The molecule has 0 amide bonds. The Kier molecular flexibility index (Phi) is 5.49. The van der Waals surface area contributed by atoms with E-state index in [0.717, 1.165) is 25.0 Å². The molecular formula is C14H20ClN3O2. The van der Waals surface area contributed by atoms with Gasteiger partial charge in [-0.2, -0.15) is 0 Å². The maximum Gasteiger partial charge on any atom is 0.189 e. The van der Waals surface area contributed by atoms with Crippen LogP contribution in [0.15, 0.2) is 23.2 Å². The Labute approximate surface area is 124 Å². The van der Waals surface area contributed by atoms with E-state index in [4.69, 9.17) is 26.8 Å². The standard InChI is InChI=1S/C14H20ClN3O2/c1-19-13-5-4-10(7-12(13)15)8-17-14(16)18-9-11-3-2-6-20-11/h4-5,7,11H,2-3,6,8-9H2,1H3,(H3,16,17,18). The predicted molar refractivity (Wildman–Crippen MR) is 80.3 cm³/mol. The Bertz CT molecular complexity index is 473. The van der Waals surface area contributed by atoms with Crippen LogP contribution < -0.4 is 15.8 Å². The summed E-state index contributed by atoms with van der Waals surface area (Å²) < 4.78 is 10.6. The fourth-order valence-corrected chi connectivity index (χ4v) is 2.34. The molecule has 1 heterocycles. The first-order valence-corrected chi connectivity index (χ1v) is 7.04. The monoisotopic (exact) mass is 297 g/mol. The molecule has 1 saturated heterocycles. The number of guanidine groups is 1. The van der Waals surface area contributed by atoms with Gasteiger partial charge in [-0.05, 0) is 30.5 Å². The molecule has 6 heteroatoms. The maximum atomic E-state index is 6.06. The van der Waals surface area contributed by atoms with E-state index in [1.54, 1.807) is 7.11 Å². The zero-order chi connectivity index (χ0) is 14.4. The van der Waals surface area contributed by atoms with Gasteiger partial charge in [0, 0.05) is 13.2 Å². The van der Waals surface area contributed by atoms with Gasteiger partial charge < -0.3 is 20.5 Å². The van der Waals surface area contributed by atoms with Gasteiger partial charge in [0.15, 0.2) is 5.96 Å². The first-order valence-electron chi connectivity index (χ1n) is 6.67. The summed E-state index contributed by atoms with van der Waals surface area (Å²) in [5.41, 5.74) is 6.80. The molecule has 3 N–H and O–H groups in total. The minimum Gasteiger partial charge on any atom is -0.495 e. The highest BCUT2D eigenvalue weighted by molar-refractivity contribution is 6.32. The van der Waals surface area contributed by atoms with Crippen LogP contribution in [0.1, 0.15) is 18.4 Å². The quantitative estimate of drug-likeness (QED) is 0.644. The fraction of sp³-hybridized carbons (Fsp3) is 0.500. The van der Waals surface area contributed by atoms with Crippen molar-refractivity contribution >= 4 is 17.6 Å². The minimum absolute atomic E-state index is 0.249. The van der Waals surface area contributed by atoms with Crippen LogP contribution in [0.3, 0.4) is 0 Å². The molecule has 1 unspecified atom stereocenters. The summed E-state index contributed by atoms with van der Waals surface area (Å²) in [6, 6.07) is 5.57. The smallest absolute Gasteiger partial charge is 0.189 e. The number of aliphatic imine (C=N–C) groups is 1. The van der Waals surface area contributed by atoms with Crippen LogP contribution in [0, 0.1) is 0 Å². The number of methoxy groups -OCH3 is 1. The summed E-state index contributed by atoms with van der Waals surface area (Å²) in [5, 5.41) is 3.65. The lowest BCUT2D eigenvalue weighted by Crippen LogP contribution is -2.37. The molecule has 0 saturated carbocycles. The van der Waals surface area contributed by atoms with Gasteiger partial charge in [0.25, 0.3) is 0 Å². The van der Waals surface area contributed by atoms with E-state index in [0.29, 0.717) is 29.8 Å². The van der Waals surface area contributed by atoms with Gasteiger partial charge >= 0.3 is 0 Å². The molecule has 1 aliphatic heterocycles. The van der Waals surface area contributed by atoms with E-state index >= 15 is 0 Å². The number of rotatable bonds is 5. The molecule has 110 valence electrons. The van der Waals surface area contributed by atoms with Gasteiger partial charge in [-0.3, -0.25) is 0 Å². The van der Waals surface area contributed by atoms with Crippen LogP contribution in [0.25, 0.3) is 0 Å². The number of nitrogens with zero attached hydrogens (tertiary/aromatic N) is 1. The Balaban J connectivity index is 1.82. The van der Waals surface area contributed by atoms with Crippen LogP contribution in [-0.2, 0) is 11.3 Å². The zero-order valence-corrected chi connectivity index (χ0v) is 12.3. The van der Waals surface area contributed by atoms with Crippen molar-refractivity contribution in [2.24, 2.45) is 10.7 Å². The maximum absolute atomic E-state index is 6.06. The van der Waals surface area contributed by atoms with Gasteiger partial charge in [0.05, 0.1) is 24.8 Å². The van der Waals surface area contributed by atoms with E-state index in [9.17, 15) is 0 Å². The van der Waals surface area contributed by atoms with Gasteiger partial charge in [-0.1, -0.05) is 17.7 Å². The molecular weight excluding hydrogens is 278 g/mol. The van der Waals surface area contributed by atoms with Crippen LogP contribution in [0.4, 0.5) is 0 Å². The second-order valence-corrected chi connectivity index (χ2v) is 5.09. The molecule has 5 nitrogen and oxygen atoms in total. The van der Waals surface area contributed by atoms with Crippen molar-refractivity contribution in [2.45, 2.75) is 25.5 Å². The Hall–Kier alpha value is -1.46. The molecule has 1 aromatic rings. The highest BCUT2D eigenvalue weighted by atomic mass is 35.5. The van der Waals surface area contributed by atoms with Crippen molar-refractivity contribution < 1.29 is 9.47 Å². The summed E-state index contributed by atoms with van der Waals surface area (Å²) in [6.07, 6.45) is 2.45. The third-order valence-electron chi connectivity index (χ3n) is 3.18. The molecule has 1 aromatic carbocycles. The fourth-order valence-electron chi connectivity index (χ4n) is 2.06. The minimum atomic E-state index is 0.249. The second-order valence-electron chi connectivity index (χ2n) is 4.69. The Morgan fingerprint density at radius 1 is 1.60 bits per heavy atom. The number of ether oxygens (including phenoxy) is 2. The van der Waals surface area contributed by atoms with Crippen molar-refractivity contribution in [1.29, 1.82) is 0 Å². The first-order chi connectivity index (χ1) is 9.69. The molecule has 0 bridgehead atoms. The van der Waals surface area contributed by atoms with Crippen LogP contribution in [0.5, 0.6) is 5.75 Å². The van der Waals surface area contributed by atoms with E-state index in [2.05, 4.69) is 10.3 Å². The SMILES string of the molecule is COc1ccc(CN=C(N)NCC2CCCO2)cc1Cl. The Morgan fingerprint density at radius 3 is 3.10 bits per heavy atom. The van der Waals surface area contributed by atoms with E-state index in [-0.39, 0.29) is 6.10 Å². The van der Waals surface area contributed by atoms with Gasteiger partial charge in [0.1, 0.15) is 5.75 Å². The molecule has 0 radical (unpaired) electrons. The largest absolute Gasteiger partial charge is 0.495 e. The normalized spacial score (nSPS) is 19.1. The van der Waals surface area contributed by atoms with Gasteiger partial charge in [-0.15, -0.1) is 0 Å². The average molecular weight is 298 g/mol. The van der Waals surface area contributed by atoms with Gasteiger partial charge in [0.2, 0.25) is 0 Å². The van der Waals surface area contributed by atoms with Crippen molar-refractivity contribution in [3.8, 4) is 5.75 Å². The highest BCUT2D eigenvalue weighted by Crippen LogP contribution is 2.25. The lowest BCUT2D eigenvalue weighted by Gasteiger charge is -2.11. The second kappa shape index (κ2) is 7.36. The van der Waals surface area contributed by atoms with Gasteiger partial charge in [-0.25, -0.2) is 4.99 Å². The lowest BCUT2D eigenvalue weighted by molar-refractivity contribution is 0.114. The third kappa shape index (κ3) is 4.28. The van der Waals surface area contributed by atoms with E-state index in [1.165, 1.54) is 0 Å². The summed E-state index contributed by atoms with van der Waals surface area (Å²) in [6.45, 7) is 2.03. The number of hydrogen-bond donors (Lipinski definition) is 2. The van der Waals surface area contributed by atoms with E-state index in [1.807, 2.05) is 18.2 Å². The lowest BCUT2D eigenvalue weighted by atomic mass is 10.2. The molecule has 1 fully saturated rings. The topological polar surface area (TPSA) is 68.9 Å². The van der Waals surface area contributed by atoms with Crippen LogP contribution in [-0.4, -0.2) is 32.3 Å². The molecule has 1 atom stereocenters. The molecule has 0 spiro atoms. The van der Waals surface area contributed by atoms with Crippen LogP contribution in [0.2, 0.25) is 5.02 Å². The molecule has 0 aromatic heterocycles. The highest BCUT2D eigenvalue weighted by Gasteiger charge is 2.14. The number of hydrogen-bond acceptors (Lipinski definition) is 3. The van der Waals surface area contributed by atoms with Crippen molar-refractivity contribution in [2.75, 3.05) is 20.3 Å². The number of nitrogens with two attached hydrogens (primary N) is 1. The van der Waals surface area contributed by atoms with E-state index < -0.39 is 0 Å². The summed E-state index contributed by atoms with van der Waals surface area (Å²) in [7, 11) is 1.59. The first kappa shape index (κ1) is 14.9. The summed E-state index contributed by atoms with van der Waals surface area (Å²) in [5.74, 6) is 1.08. The predicted octanol–water partition coefficient (Wildman–Crippen LogP) is 1.93. The van der Waals surface area contributed by atoms with Crippen molar-refractivity contribution in [3.63, 3.8) is 0 Å². The third-order valence-corrected chi connectivity index (χ3v) is 3.48. The number of nitrogens with one attached hydrogen (secondary N) is 1. The number of halogens is 1. The summed E-state index contributed by atoms with van der Waals surface area (Å²) in [4.78, 5) is 4.28. The van der Waals surface area contributed by atoms with Crippen molar-refractivity contribution in [3.05, 3.63) is 28.8 Å². The Morgan fingerprint density at radius 2 is 2.45 bits per heavy atom. The molecule has 2 rings (SSSR count). The number of benzene rings is 1. The molecule has 20 heavy (non-hydrogen) atoms. The molecule has 1 aliphatic rings.